The van der Waals surface area contributed by atoms with Crippen molar-refractivity contribution in [3.8, 4) is 17.2 Å². The first kappa shape index (κ1) is 28.3. The number of hydrogen-bond acceptors (Lipinski definition) is 9. The van der Waals surface area contributed by atoms with Crippen molar-refractivity contribution >= 4 is 50.1 Å². The van der Waals surface area contributed by atoms with Crippen molar-refractivity contribution in [2.24, 2.45) is 5.10 Å². The topological polar surface area (TPSA) is 151 Å². The van der Waals surface area contributed by atoms with Crippen LogP contribution in [0.2, 0.25) is 0 Å². The molecule has 198 valence electrons. The number of methoxy groups -OCH3 is 1. The molecule has 2 atom stereocenters. The zero-order valence-corrected chi connectivity index (χ0v) is 23.3. The quantitative estimate of drug-likeness (QED) is 0.115. The smallest absolute Gasteiger partial charge is 0.337 e. The molecule has 1 aliphatic rings. The second kappa shape index (κ2) is 12.8. The third kappa shape index (κ3) is 7.14. The average Bonchev–Trinajstić information content (AvgIpc) is 2.85. The molecule has 1 heterocycles. The van der Waals surface area contributed by atoms with E-state index in [0.29, 0.717) is 39.4 Å². The lowest BCUT2D eigenvalue weighted by Gasteiger charge is -2.28. The van der Waals surface area contributed by atoms with E-state index in [1.165, 1.54) is 13.3 Å². The average molecular weight is 642 g/mol. The van der Waals surface area contributed by atoms with E-state index in [1.807, 2.05) is 0 Å². The number of amides is 2. The second-order valence-corrected chi connectivity index (χ2v) is 9.51. The molecule has 0 unspecified atom stereocenters. The van der Waals surface area contributed by atoms with Crippen LogP contribution in [0.3, 0.4) is 0 Å². The van der Waals surface area contributed by atoms with E-state index < -0.39 is 24.3 Å². The van der Waals surface area contributed by atoms with E-state index in [9.17, 15) is 19.8 Å². The Morgan fingerprint density at radius 3 is 2.70 bits per heavy atom. The first-order valence-corrected chi connectivity index (χ1v) is 12.6. The lowest BCUT2D eigenvalue weighted by Crippen LogP contribution is -2.45. The van der Waals surface area contributed by atoms with Gasteiger partial charge in [-0.2, -0.15) is 5.10 Å². The molecule has 5 N–H and O–H groups in total. The lowest BCUT2D eigenvalue weighted by molar-refractivity contribution is -0.136. The zero-order valence-electron chi connectivity index (χ0n) is 20.2. The third-order valence-corrected chi connectivity index (χ3v) is 6.22. The summed E-state index contributed by atoms with van der Waals surface area (Å²) in [6.07, 6.45) is 0.180. The number of nitrogens with zero attached hydrogens (tertiary/aromatic N) is 1. The summed E-state index contributed by atoms with van der Waals surface area (Å²) in [4.78, 5) is 24.4. The Bertz CT molecular complexity index is 1240. The Kier molecular flexibility index (Phi) is 9.78. The first-order chi connectivity index (χ1) is 17.6. The number of halogens is 2. The molecule has 11 nitrogen and oxygen atoms in total. The van der Waals surface area contributed by atoms with Crippen LogP contribution in [0.25, 0.3) is 0 Å². The Morgan fingerprint density at radius 2 is 2.00 bits per heavy atom. The van der Waals surface area contributed by atoms with Crippen molar-refractivity contribution in [3.05, 3.63) is 61.7 Å². The second-order valence-electron chi connectivity index (χ2n) is 7.74. The number of phenolic OH excluding ortho intramolecular Hbond substituents is 1. The summed E-state index contributed by atoms with van der Waals surface area (Å²) in [7, 11) is 1.27. The number of phenols is 1. The van der Waals surface area contributed by atoms with Gasteiger partial charge < -0.3 is 35.1 Å². The normalized spacial score (nSPS) is 16.2. The SMILES string of the molecule is CCOc1cc([C@@H]2NC(=O)NC(C)=C2C(=O)OC)ccc1OC[C@@H](O)N/N=C\c1cc(Br)cc(Br)c1O. The van der Waals surface area contributed by atoms with Gasteiger partial charge in [-0.05, 0) is 59.6 Å². The third-order valence-electron chi connectivity index (χ3n) is 5.16. The fourth-order valence-electron chi connectivity index (χ4n) is 3.50. The van der Waals surface area contributed by atoms with Crippen LogP contribution in [0.15, 0.2) is 55.6 Å². The van der Waals surface area contributed by atoms with E-state index in [-0.39, 0.29) is 17.9 Å². The van der Waals surface area contributed by atoms with Crippen LogP contribution in [0.5, 0.6) is 17.2 Å². The van der Waals surface area contributed by atoms with Gasteiger partial charge in [-0.1, -0.05) is 22.0 Å². The Hall–Kier alpha value is -3.29. The van der Waals surface area contributed by atoms with Crippen LogP contribution >= 0.6 is 31.9 Å². The van der Waals surface area contributed by atoms with Crippen LogP contribution in [-0.2, 0) is 9.53 Å². The summed E-state index contributed by atoms with van der Waals surface area (Å²) in [5, 5.41) is 29.6. The minimum Gasteiger partial charge on any atom is -0.506 e. The Morgan fingerprint density at radius 1 is 1.24 bits per heavy atom. The Labute approximate surface area is 230 Å². The molecule has 0 aliphatic carbocycles. The molecule has 0 spiro atoms. The number of benzene rings is 2. The van der Waals surface area contributed by atoms with Gasteiger partial charge in [0.15, 0.2) is 17.7 Å². The molecule has 0 bridgehead atoms. The highest BCUT2D eigenvalue weighted by molar-refractivity contribution is 9.11. The highest BCUT2D eigenvalue weighted by Gasteiger charge is 2.32. The molecular formula is C24H26Br2N4O7. The number of hydrogen-bond donors (Lipinski definition) is 5. The number of urea groups is 1. The van der Waals surface area contributed by atoms with Crippen molar-refractivity contribution in [2.45, 2.75) is 26.1 Å². The van der Waals surface area contributed by atoms with Crippen LogP contribution < -0.4 is 25.5 Å². The first-order valence-electron chi connectivity index (χ1n) is 11.0. The summed E-state index contributed by atoms with van der Waals surface area (Å²) in [5.74, 6) is 0.122. The van der Waals surface area contributed by atoms with Gasteiger partial charge in [0, 0.05) is 15.7 Å². The van der Waals surface area contributed by atoms with Gasteiger partial charge in [0.05, 0.1) is 36.0 Å². The number of aromatic hydroxyl groups is 1. The summed E-state index contributed by atoms with van der Waals surface area (Å²) in [6.45, 7) is 3.56. The Balaban J connectivity index is 1.72. The summed E-state index contributed by atoms with van der Waals surface area (Å²) in [6, 6.07) is 7.09. The van der Waals surface area contributed by atoms with Gasteiger partial charge in [-0.15, -0.1) is 0 Å². The predicted octanol–water partition coefficient (Wildman–Crippen LogP) is 3.44. The summed E-state index contributed by atoms with van der Waals surface area (Å²) < 4.78 is 17.5. The number of aliphatic hydroxyl groups is 1. The number of aliphatic hydroxyl groups excluding tert-OH is 1. The predicted molar refractivity (Wildman–Crippen MR) is 142 cm³/mol. The number of nitrogens with one attached hydrogen (secondary N) is 3. The number of ether oxygens (including phenoxy) is 3. The molecule has 0 saturated carbocycles. The number of rotatable bonds is 10. The molecule has 0 radical (unpaired) electrons. The van der Waals surface area contributed by atoms with Crippen molar-refractivity contribution in [1.29, 1.82) is 0 Å². The lowest BCUT2D eigenvalue weighted by atomic mass is 9.95. The highest BCUT2D eigenvalue weighted by Crippen LogP contribution is 2.35. The van der Waals surface area contributed by atoms with Crippen LogP contribution in [0, 0.1) is 0 Å². The van der Waals surface area contributed by atoms with Gasteiger partial charge in [-0.3, -0.25) is 5.43 Å². The number of hydrazone groups is 1. The maximum atomic E-state index is 12.4. The van der Waals surface area contributed by atoms with Gasteiger partial charge in [0.25, 0.3) is 0 Å². The molecule has 0 saturated heterocycles. The van der Waals surface area contributed by atoms with E-state index in [2.05, 4.69) is 53.0 Å². The number of carbonyl (C=O) groups excluding carboxylic acids is 2. The van der Waals surface area contributed by atoms with E-state index >= 15 is 0 Å². The van der Waals surface area contributed by atoms with Crippen molar-refractivity contribution in [3.63, 3.8) is 0 Å². The number of allylic oxidation sites excluding steroid dienone is 1. The minimum atomic E-state index is -1.18. The molecule has 0 aromatic heterocycles. The largest absolute Gasteiger partial charge is 0.506 e. The molecule has 2 amide bonds. The molecule has 13 heteroatoms. The van der Waals surface area contributed by atoms with Crippen molar-refractivity contribution in [1.82, 2.24) is 16.1 Å². The fraction of sp³-hybridized carbons (Fsp3) is 0.292. The standard InChI is InChI=1S/C24H26Br2N4O7/c1-4-36-18-8-13(21-20(23(33)35-3)12(2)28-24(34)29-21)5-6-17(18)37-11-19(31)30-27-10-14-7-15(25)9-16(26)22(14)32/h5-10,19,21,30-32H,4,11H2,1-3H3,(H2,28,29,34)/b27-10-/t19-,21+/m1/s1. The van der Waals surface area contributed by atoms with E-state index in [0.717, 1.165) is 4.47 Å². The van der Waals surface area contributed by atoms with Gasteiger partial charge in [-0.25, -0.2) is 9.59 Å². The number of carbonyl (C=O) groups is 2. The minimum absolute atomic E-state index is 0.00580. The van der Waals surface area contributed by atoms with Crippen LogP contribution in [-0.4, -0.2) is 55.0 Å². The van der Waals surface area contributed by atoms with Crippen LogP contribution in [0.4, 0.5) is 4.79 Å². The molecule has 2 aromatic carbocycles. The van der Waals surface area contributed by atoms with Crippen molar-refractivity contribution in [2.75, 3.05) is 20.3 Å². The zero-order chi connectivity index (χ0) is 27.1. The van der Waals surface area contributed by atoms with Gasteiger partial charge >= 0.3 is 12.0 Å². The fourth-order valence-corrected chi connectivity index (χ4v) is 4.76. The molecule has 3 rings (SSSR count). The van der Waals surface area contributed by atoms with Crippen LogP contribution in [0.1, 0.15) is 31.0 Å². The van der Waals surface area contributed by atoms with Gasteiger partial charge in [0.1, 0.15) is 12.4 Å². The molecule has 1 aliphatic heterocycles. The molecule has 37 heavy (non-hydrogen) atoms. The summed E-state index contributed by atoms with van der Waals surface area (Å²) >= 11 is 6.58. The highest BCUT2D eigenvalue weighted by atomic mass is 79.9. The van der Waals surface area contributed by atoms with Crippen molar-refractivity contribution < 1.29 is 34.0 Å². The molecule has 0 fully saturated rings. The molecule has 2 aromatic rings. The maximum Gasteiger partial charge on any atom is 0.337 e. The monoisotopic (exact) mass is 640 g/mol. The summed E-state index contributed by atoms with van der Waals surface area (Å²) in [5.41, 5.74) is 4.18. The maximum absolute atomic E-state index is 12.4. The van der Waals surface area contributed by atoms with E-state index in [4.69, 9.17) is 14.2 Å². The number of esters is 1. The van der Waals surface area contributed by atoms with Gasteiger partial charge in [0.2, 0.25) is 0 Å². The molecular weight excluding hydrogens is 616 g/mol. The van der Waals surface area contributed by atoms with E-state index in [1.54, 1.807) is 44.2 Å².